The summed E-state index contributed by atoms with van der Waals surface area (Å²) in [5.41, 5.74) is 3.16. The Labute approximate surface area is 132 Å². The first-order valence-electron chi connectivity index (χ1n) is 7.22. The molecule has 0 aliphatic carbocycles. The van der Waals surface area contributed by atoms with Crippen LogP contribution >= 0.6 is 0 Å². The predicted molar refractivity (Wildman–Crippen MR) is 86.0 cm³/mol. The molecule has 6 heteroatoms. The summed E-state index contributed by atoms with van der Waals surface area (Å²) < 4.78 is 1.44. The molecule has 0 fully saturated rings. The smallest absolute Gasteiger partial charge is 0.279 e. The van der Waals surface area contributed by atoms with Crippen LogP contribution in [0.15, 0.2) is 72.4 Å². The molecular weight excluding hydrogens is 290 g/mol. The Bertz CT molecular complexity index is 871. The molecule has 1 amide bonds. The largest absolute Gasteiger partial charge is 0.302 e. The van der Waals surface area contributed by atoms with E-state index in [9.17, 15) is 4.79 Å². The number of carbonyl (C=O) groups excluding carboxylic acids is 1. The fraction of sp³-hybridized carbons (Fsp3) is 0.0588. The van der Waals surface area contributed by atoms with Gasteiger partial charge in [-0.15, -0.1) is 10.2 Å². The Morgan fingerprint density at radius 1 is 0.913 bits per heavy atom. The number of hydrogen-bond acceptors (Lipinski definition) is 4. The SMILES string of the molecule is O=C1/C(=N/n2cnnc2)c2ccccc2N1Cc1ccccc1. The zero-order valence-electron chi connectivity index (χ0n) is 12.2. The van der Waals surface area contributed by atoms with Gasteiger partial charge >= 0.3 is 0 Å². The Morgan fingerprint density at radius 3 is 2.39 bits per heavy atom. The van der Waals surface area contributed by atoms with Crippen LogP contribution in [0.1, 0.15) is 11.1 Å². The minimum absolute atomic E-state index is 0.122. The standard InChI is InChI=1S/C17H13N5O/c23-17-16(20-21-11-18-19-12-21)14-8-4-5-9-15(14)22(17)10-13-6-2-1-3-7-13/h1-9,11-12H,10H2/b20-16+. The Balaban J connectivity index is 1.76. The highest BCUT2D eigenvalue weighted by atomic mass is 16.2. The number of fused-ring (bicyclic) bond motifs is 1. The molecule has 1 aromatic heterocycles. The molecule has 3 aromatic rings. The summed E-state index contributed by atoms with van der Waals surface area (Å²) in [6.45, 7) is 0.512. The first-order chi connectivity index (χ1) is 11.3. The van der Waals surface area contributed by atoms with Crippen molar-refractivity contribution >= 4 is 17.3 Å². The van der Waals surface area contributed by atoms with Crippen molar-refractivity contribution in [2.24, 2.45) is 5.10 Å². The van der Waals surface area contributed by atoms with Gasteiger partial charge in [0, 0.05) is 5.56 Å². The molecular formula is C17H13N5O. The zero-order chi connectivity index (χ0) is 15.6. The van der Waals surface area contributed by atoms with Crippen molar-refractivity contribution in [1.82, 2.24) is 14.9 Å². The van der Waals surface area contributed by atoms with E-state index in [2.05, 4.69) is 15.3 Å². The Morgan fingerprint density at radius 2 is 1.61 bits per heavy atom. The van der Waals surface area contributed by atoms with Crippen LogP contribution in [0.5, 0.6) is 0 Å². The highest BCUT2D eigenvalue weighted by Crippen LogP contribution is 2.30. The van der Waals surface area contributed by atoms with Crippen LogP contribution in [0.4, 0.5) is 5.69 Å². The molecule has 0 spiro atoms. The number of amides is 1. The van der Waals surface area contributed by atoms with Gasteiger partial charge in [0.15, 0.2) is 5.71 Å². The molecule has 0 unspecified atom stereocenters. The lowest BCUT2D eigenvalue weighted by atomic mass is 10.1. The molecule has 1 aliphatic rings. The van der Waals surface area contributed by atoms with E-state index in [0.717, 1.165) is 16.8 Å². The van der Waals surface area contributed by atoms with E-state index in [0.29, 0.717) is 12.3 Å². The summed E-state index contributed by atoms with van der Waals surface area (Å²) >= 11 is 0. The summed E-state index contributed by atoms with van der Waals surface area (Å²) in [6, 6.07) is 17.6. The first kappa shape index (κ1) is 13.4. The van der Waals surface area contributed by atoms with Crippen LogP contribution in [0.2, 0.25) is 0 Å². The molecule has 1 aliphatic heterocycles. The molecule has 6 nitrogen and oxygen atoms in total. The van der Waals surface area contributed by atoms with Crippen molar-refractivity contribution < 1.29 is 4.79 Å². The highest BCUT2D eigenvalue weighted by molar-refractivity contribution is 6.54. The summed E-state index contributed by atoms with van der Waals surface area (Å²) in [4.78, 5) is 14.6. The number of carbonyl (C=O) groups is 1. The fourth-order valence-corrected chi connectivity index (χ4v) is 2.64. The van der Waals surface area contributed by atoms with Crippen LogP contribution < -0.4 is 4.90 Å². The van der Waals surface area contributed by atoms with Gasteiger partial charge in [-0.1, -0.05) is 48.5 Å². The predicted octanol–water partition coefficient (Wildman–Crippen LogP) is 2.08. The second-order valence-electron chi connectivity index (χ2n) is 5.18. The van der Waals surface area contributed by atoms with Crippen molar-refractivity contribution in [2.45, 2.75) is 6.54 Å². The van der Waals surface area contributed by atoms with Crippen molar-refractivity contribution in [3.8, 4) is 0 Å². The lowest BCUT2D eigenvalue weighted by Gasteiger charge is -2.16. The van der Waals surface area contributed by atoms with Crippen LogP contribution in [0.25, 0.3) is 0 Å². The van der Waals surface area contributed by atoms with Crippen LogP contribution in [-0.2, 0) is 11.3 Å². The third kappa shape index (κ3) is 2.40. The van der Waals surface area contributed by atoms with Crippen LogP contribution in [0, 0.1) is 0 Å². The van der Waals surface area contributed by atoms with Gasteiger partial charge in [-0.2, -0.15) is 5.10 Å². The minimum Gasteiger partial charge on any atom is -0.302 e. The molecule has 23 heavy (non-hydrogen) atoms. The second-order valence-corrected chi connectivity index (χ2v) is 5.18. The van der Waals surface area contributed by atoms with E-state index in [-0.39, 0.29) is 5.91 Å². The van der Waals surface area contributed by atoms with Gasteiger partial charge < -0.3 is 4.90 Å². The van der Waals surface area contributed by atoms with Crippen molar-refractivity contribution in [3.05, 3.63) is 78.4 Å². The minimum atomic E-state index is -0.122. The molecule has 0 N–H and O–H groups in total. The maximum Gasteiger partial charge on any atom is 0.279 e. The van der Waals surface area contributed by atoms with E-state index in [4.69, 9.17) is 0 Å². The number of rotatable bonds is 3. The molecule has 4 rings (SSSR count). The van der Waals surface area contributed by atoms with Gasteiger partial charge in [0.2, 0.25) is 0 Å². The lowest BCUT2D eigenvalue weighted by molar-refractivity contribution is -0.112. The van der Waals surface area contributed by atoms with Gasteiger partial charge in [0.1, 0.15) is 12.7 Å². The number of hydrogen-bond donors (Lipinski definition) is 0. The number of anilines is 1. The summed E-state index contributed by atoms with van der Waals surface area (Å²) in [6.07, 6.45) is 2.92. The molecule has 0 radical (unpaired) electrons. The van der Waals surface area contributed by atoms with Crippen molar-refractivity contribution in [1.29, 1.82) is 0 Å². The first-order valence-corrected chi connectivity index (χ1v) is 7.22. The Hall–Kier alpha value is -3.28. The monoisotopic (exact) mass is 303 g/mol. The average molecular weight is 303 g/mol. The van der Waals surface area contributed by atoms with E-state index < -0.39 is 0 Å². The molecule has 2 heterocycles. The number of nitrogens with zero attached hydrogens (tertiary/aromatic N) is 5. The third-order valence-corrected chi connectivity index (χ3v) is 3.70. The van der Waals surface area contributed by atoms with Gasteiger partial charge in [-0.3, -0.25) is 4.79 Å². The quantitative estimate of drug-likeness (QED) is 0.744. The maximum absolute atomic E-state index is 12.8. The van der Waals surface area contributed by atoms with Gasteiger partial charge in [0.05, 0.1) is 12.2 Å². The molecule has 0 bridgehead atoms. The zero-order valence-corrected chi connectivity index (χ0v) is 12.2. The van der Waals surface area contributed by atoms with E-state index >= 15 is 0 Å². The molecule has 112 valence electrons. The van der Waals surface area contributed by atoms with Crippen molar-refractivity contribution in [2.75, 3.05) is 4.90 Å². The fourth-order valence-electron chi connectivity index (χ4n) is 2.64. The van der Waals surface area contributed by atoms with E-state index in [1.54, 1.807) is 4.90 Å². The van der Waals surface area contributed by atoms with Gasteiger partial charge in [0.25, 0.3) is 5.91 Å². The van der Waals surface area contributed by atoms with Gasteiger partial charge in [-0.25, -0.2) is 4.68 Å². The molecule has 0 saturated carbocycles. The maximum atomic E-state index is 12.8. The topological polar surface area (TPSA) is 63.4 Å². The number of para-hydroxylation sites is 1. The molecule has 0 saturated heterocycles. The normalized spacial score (nSPS) is 15.2. The number of aromatic nitrogens is 3. The van der Waals surface area contributed by atoms with Crippen LogP contribution in [0.3, 0.4) is 0 Å². The summed E-state index contributed by atoms with van der Waals surface area (Å²) in [5, 5.41) is 11.8. The highest BCUT2D eigenvalue weighted by Gasteiger charge is 2.33. The van der Waals surface area contributed by atoms with Gasteiger partial charge in [-0.05, 0) is 11.6 Å². The van der Waals surface area contributed by atoms with Crippen molar-refractivity contribution in [3.63, 3.8) is 0 Å². The Kier molecular flexibility index (Phi) is 3.20. The average Bonchev–Trinajstić information content (AvgIpc) is 3.19. The molecule has 0 atom stereocenters. The van der Waals surface area contributed by atoms with E-state index in [1.807, 2.05) is 54.6 Å². The third-order valence-electron chi connectivity index (χ3n) is 3.70. The molecule has 2 aromatic carbocycles. The lowest BCUT2D eigenvalue weighted by Crippen LogP contribution is -2.29. The van der Waals surface area contributed by atoms with Crippen LogP contribution in [-0.4, -0.2) is 26.5 Å². The summed E-state index contributed by atoms with van der Waals surface area (Å²) in [7, 11) is 0. The second kappa shape index (κ2) is 5.49. The van der Waals surface area contributed by atoms with E-state index in [1.165, 1.54) is 17.3 Å². The number of benzene rings is 2. The summed E-state index contributed by atoms with van der Waals surface area (Å²) in [5.74, 6) is -0.122.